The van der Waals surface area contributed by atoms with E-state index < -0.39 is 0 Å². The lowest BCUT2D eigenvalue weighted by atomic mass is 10.2. The van der Waals surface area contributed by atoms with Crippen LogP contribution in [0.5, 0.6) is 17.4 Å². The fourth-order valence-corrected chi connectivity index (χ4v) is 1.74. The molecular formula is C12H11BrN2O2. The maximum atomic E-state index is 5.66. The number of hydrogen-bond acceptors (Lipinski definition) is 4. The first kappa shape index (κ1) is 11.9. The summed E-state index contributed by atoms with van der Waals surface area (Å²) in [6.07, 6.45) is 1.43. The van der Waals surface area contributed by atoms with E-state index in [1.165, 1.54) is 6.33 Å². The molecule has 17 heavy (non-hydrogen) atoms. The Bertz CT molecular complexity index is 532. The van der Waals surface area contributed by atoms with Gasteiger partial charge in [-0.2, -0.15) is 0 Å². The molecule has 0 amide bonds. The van der Waals surface area contributed by atoms with E-state index in [2.05, 4.69) is 25.9 Å². The summed E-state index contributed by atoms with van der Waals surface area (Å²) in [5.41, 5.74) is 1.01. The van der Waals surface area contributed by atoms with Gasteiger partial charge in [0.25, 0.3) is 0 Å². The molecule has 2 rings (SSSR count). The Kier molecular flexibility index (Phi) is 3.58. The normalized spacial score (nSPS) is 10.1. The first-order chi connectivity index (χ1) is 8.20. The molecule has 0 aliphatic rings. The number of methoxy groups -OCH3 is 1. The van der Waals surface area contributed by atoms with Gasteiger partial charge in [0.15, 0.2) is 11.5 Å². The number of aromatic nitrogens is 2. The van der Waals surface area contributed by atoms with Gasteiger partial charge < -0.3 is 9.47 Å². The van der Waals surface area contributed by atoms with Crippen LogP contribution in [-0.4, -0.2) is 17.1 Å². The molecular weight excluding hydrogens is 284 g/mol. The van der Waals surface area contributed by atoms with Crippen LogP contribution in [0.15, 0.2) is 35.2 Å². The van der Waals surface area contributed by atoms with Crippen molar-refractivity contribution in [1.82, 2.24) is 9.97 Å². The third-order valence-corrected chi connectivity index (χ3v) is 2.64. The molecule has 2 aromatic rings. The molecule has 0 spiro atoms. The van der Waals surface area contributed by atoms with E-state index in [1.807, 2.05) is 25.1 Å². The Hall–Kier alpha value is -1.62. The van der Waals surface area contributed by atoms with Crippen molar-refractivity contribution in [3.05, 3.63) is 40.8 Å². The zero-order valence-electron chi connectivity index (χ0n) is 9.48. The van der Waals surface area contributed by atoms with Gasteiger partial charge in [-0.3, -0.25) is 0 Å². The Morgan fingerprint density at radius 1 is 1.24 bits per heavy atom. The Morgan fingerprint density at radius 3 is 2.76 bits per heavy atom. The number of aryl methyl sites for hydroxylation is 1. The summed E-state index contributed by atoms with van der Waals surface area (Å²) in [5, 5.41) is 0. The lowest BCUT2D eigenvalue weighted by Crippen LogP contribution is -1.94. The molecule has 0 bridgehead atoms. The third-order valence-electron chi connectivity index (χ3n) is 2.20. The van der Waals surface area contributed by atoms with Crippen molar-refractivity contribution < 1.29 is 9.47 Å². The molecule has 0 unspecified atom stereocenters. The summed E-state index contributed by atoms with van der Waals surface area (Å²) >= 11 is 3.26. The maximum absolute atomic E-state index is 5.66. The van der Waals surface area contributed by atoms with Gasteiger partial charge in [0.2, 0.25) is 5.88 Å². The van der Waals surface area contributed by atoms with Crippen LogP contribution in [0.3, 0.4) is 0 Å². The fourth-order valence-electron chi connectivity index (χ4n) is 1.45. The van der Waals surface area contributed by atoms with Gasteiger partial charge >= 0.3 is 0 Å². The molecule has 0 atom stereocenters. The molecule has 0 saturated carbocycles. The van der Waals surface area contributed by atoms with Crippen LogP contribution >= 0.6 is 15.9 Å². The molecule has 0 aliphatic heterocycles. The molecule has 0 N–H and O–H groups in total. The number of para-hydroxylation sites is 1. The second-order valence-electron chi connectivity index (χ2n) is 3.39. The van der Waals surface area contributed by atoms with Crippen LogP contribution in [0.1, 0.15) is 5.56 Å². The zero-order valence-corrected chi connectivity index (χ0v) is 11.1. The minimum absolute atomic E-state index is 0.468. The topological polar surface area (TPSA) is 44.2 Å². The van der Waals surface area contributed by atoms with E-state index >= 15 is 0 Å². The van der Waals surface area contributed by atoms with Gasteiger partial charge in [0.05, 0.1) is 7.11 Å². The van der Waals surface area contributed by atoms with Crippen molar-refractivity contribution in [2.24, 2.45) is 0 Å². The SMILES string of the molecule is COc1c(C)cccc1Oc1cc(Br)ncn1. The highest BCUT2D eigenvalue weighted by Crippen LogP contribution is 2.33. The van der Waals surface area contributed by atoms with E-state index in [0.29, 0.717) is 22.0 Å². The van der Waals surface area contributed by atoms with Crippen molar-refractivity contribution in [1.29, 1.82) is 0 Å². The van der Waals surface area contributed by atoms with E-state index in [-0.39, 0.29) is 0 Å². The molecule has 0 fully saturated rings. The van der Waals surface area contributed by atoms with E-state index in [9.17, 15) is 0 Å². The molecule has 4 nitrogen and oxygen atoms in total. The minimum Gasteiger partial charge on any atom is -0.493 e. The molecule has 88 valence electrons. The number of benzene rings is 1. The molecule has 0 aliphatic carbocycles. The van der Waals surface area contributed by atoms with Crippen molar-refractivity contribution in [3.8, 4) is 17.4 Å². The van der Waals surface area contributed by atoms with E-state index in [4.69, 9.17) is 9.47 Å². The first-order valence-electron chi connectivity index (χ1n) is 4.99. The zero-order chi connectivity index (χ0) is 12.3. The Balaban J connectivity index is 2.33. The smallest absolute Gasteiger partial charge is 0.223 e. The lowest BCUT2D eigenvalue weighted by Gasteiger charge is -2.11. The predicted molar refractivity (Wildman–Crippen MR) is 67.5 cm³/mol. The van der Waals surface area contributed by atoms with Crippen LogP contribution in [0.2, 0.25) is 0 Å². The van der Waals surface area contributed by atoms with Gasteiger partial charge in [0.1, 0.15) is 10.9 Å². The molecule has 0 radical (unpaired) electrons. The summed E-state index contributed by atoms with van der Waals surface area (Å²) in [4.78, 5) is 7.96. The molecule has 1 heterocycles. The highest BCUT2D eigenvalue weighted by Gasteiger charge is 2.08. The quantitative estimate of drug-likeness (QED) is 0.815. The number of nitrogens with zero attached hydrogens (tertiary/aromatic N) is 2. The summed E-state index contributed by atoms with van der Waals surface area (Å²) in [7, 11) is 1.62. The number of halogens is 1. The Morgan fingerprint density at radius 2 is 2.06 bits per heavy atom. The predicted octanol–water partition coefficient (Wildman–Crippen LogP) is 3.35. The molecule has 1 aromatic carbocycles. The van der Waals surface area contributed by atoms with E-state index in [1.54, 1.807) is 13.2 Å². The van der Waals surface area contributed by atoms with Gasteiger partial charge in [-0.05, 0) is 34.5 Å². The van der Waals surface area contributed by atoms with Crippen LogP contribution in [-0.2, 0) is 0 Å². The van der Waals surface area contributed by atoms with Gasteiger partial charge in [-0.15, -0.1) is 0 Å². The monoisotopic (exact) mass is 294 g/mol. The summed E-state index contributed by atoms with van der Waals surface area (Å²) in [5.74, 6) is 1.82. The highest BCUT2D eigenvalue weighted by atomic mass is 79.9. The standard InChI is InChI=1S/C12H11BrN2O2/c1-8-4-3-5-9(12(8)16-2)17-11-6-10(13)14-7-15-11/h3-7H,1-2H3. The van der Waals surface area contributed by atoms with Crippen molar-refractivity contribution in [3.63, 3.8) is 0 Å². The van der Waals surface area contributed by atoms with Gasteiger partial charge in [-0.25, -0.2) is 9.97 Å². The molecule has 1 aromatic heterocycles. The summed E-state index contributed by atoms with van der Waals surface area (Å²) < 4.78 is 11.6. The van der Waals surface area contributed by atoms with Crippen LogP contribution in [0.25, 0.3) is 0 Å². The second kappa shape index (κ2) is 5.14. The number of ether oxygens (including phenoxy) is 2. The Labute approximate surface area is 108 Å². The fraction of sp³-hybridized carbons (Fsp3) is 0.167. The van der Waals surface area contributed by atoms with Crippen molar-refractivity contribution in [2.75, 3.05) is 7.11 Å². The van der Waals surface area contributed by atoms with Crippen LogP contribution in [0.4, 0.5) is 0 Å². The highest BCUT2D eigenvalue weighted by molar-refractivity contribution is 9.10. The maximum Gasteiger partial charge on any atom is 0.223 e. The second-order valence-corrected chi connectivity index (χ2v) is 4.20. The van der Waals surface area contributed by atoms with Crippen molar-refractivity contribution in [2.45, 2.75) is 6.92 Å². The number of hydrogen-bond donors (Lipinski definition) is 0. The summed E-state index contributed by atoms with van der Waals surface area (Å²) in [6.45, 7) is 1.96. The lowest BCUT2D eigenvalue weighted by molar-refractivity contribution is 0.371. The average Bonchev–Trinajstić information content (AvgIpc) is 2.29. The molecule has 0 saturated heterocycles. The van der Waals surface area contributed by atoms with Gasteiger partial charge in [0, 0.05) is 6.07 Å². The first-order valence-corrected chi connectivity index (χ1v) is 5.79. The van der Waals surface area contributed by atoms with Gasteiger partial charge in [-0.1, -0.05) is 12.1 Å². The minimum atomic E-state index is 0.468. The number of rotatable bonds is 3. The third kappa shape index (κ3) is 2.74. The van der Waals surface area contributed by atoms with E-state index in [0.717, 1.165) is 5.56 Å². The molecule has 5 heteroatoms. The average molecular weight is 295 g/mol. The van der Waals surface area contributed by atoms with Crippen LogP contribution < -0.4 is 9.47 Å². The van der Waals surface area contributed by atoms with Crippen LogP contribution in [0, 0.1) is 6.92 Å². The summed E-state index contributed by atoms with van der Waals surface area (Å²) in [6, 6.07) is 7.40. The largest absolute Gasteiger partial charge is 0.493 e. The van der Waals surface area contributed by atoms with Crippen molar-refractivity contribution >= 4 is 15.9 Å².